The van der Waals surface area contributed by atoms with E-state index in [0.717, 1.165) is 28.4 Å². The Kier molecular flexibility index (Phi) is 5.60. The third kappa shape index (κ3) is 4.53. The second-order valence-electron chi connectivity index (χ2n) is 7.97. The van der Waals surface area contributed by atoms with E-state index < -0.39 is 0 Å². The fourth-order valence-electron chi connectivity index (χ4n) is 3.05. The number of thiazole rings is 1. The lowest BCUT2D eigenvalue weighted by Gasteiger charge is -2.32. The van der Waals surface area contributed by atoms with E-state index >= 15 is 0 Å². The lowest BCUT2D eigenvalue weighted by molar-refractivity contribution is 0.0702. The minimum Gasteiger partial charge on any atom is -0.349 e. The van der Waals surface area contributed by atoms with Crippen LogP contribution >= 0.6 is 11.3 Å². The lowest BCUT2D eigenvalue weighted by atomic mass is 9.98. The van der Waals surface area contributed by atoms with Crippen molar-refractivity contribution in [1.29, 1.82) is 0 Å². The molecule has 1 N–H and O–H groups in total. The zero-order valence-electron chi connectivity index (χ0n) is 16.3. The maximum absolute atomic E-state index is 12.9. The molecule has 0 unspecified atom stereocenters. The van der Waals surface area contributed by atoms with Crippen LogP contribution in [0.25, 0.3) is 0 Å². The van der Waals surface area contributed by atoms with Gasteiger partial charge >= 0.3 is 0 Å². The molecule has 144 valence electrons. The number of amides is 2. The number of hydrogen-bond acceptors (Lipinski definition) is 5. The number of rotatable bonds is 3. The van der Waals surface area contributed by atoms with Crippen molar-refractivity contribution >= 4 is 23.2 Å². The molecule has 0 atom stereocenters. The number of piperidine rings is 1. The van der Waals surface area contributed by atoms with Gasteiger partial charge in [-0.1, -0.05) is 20.8 Å². The van der Waals surface area contributed by atoms with Crippen molar-refractivity contribution < 1.29 is 9.59 Å². The molecule has 0 saturated carbocycles. The Morgan fingerprint density at radius 1 is 1.26 bits per heavy atom. The van der Waals surface area contributed by atoms with Crippen LogP contribution in [0.3, 0.4) is 0 Å². The first-order chi connectivity index (χ1) is 12.8. The Bertz CT molecular complexity index is 818. The van der Waals surface area contributed by atoms with Crippen LogP contribution in [-0.4, -0.2) is 45.8 Å². The molecule has 1 aliphatic rings. The molecule has 2 aromatic heterocycles. The number of carbonyl (C=O) groups excluding carboxylic acids is 2. The summed E-state index contributed by atoms with van der Waals surface area (Å²) in [5.41, 5.74) is 1.31. The van der Waals surface area contributed by atoms with E-state index in [1.54, 1.807) is 24.5 Å². The highest BCUT2D eigenvalue weighted by Gasteiger charge is 2.29. The summed E-state index contributed by atoms with van der Waals surface area (Å²) in [5, 5.41) is 4.03. The first-order valence-electron chi connectivity index (χ1n) is 9.24. The fourth-order valence-corrected chi connectivity index (χ4v) is 4.14. The molecule has 2 aromatic rings. The normalized spacial score (nSPS) is 15.6. The smallest absolute Gasteiger partial charge is 0.265 e. The van der Waals surface area contributed by atoms with Gasteiger partial charge in [0.25, 0.3) is 11.8 Å². The van der Waals surface area contributed by atoms with E-state index in [-0.39, 0.29) is 23.3 Å². The monoisotopic (exact) mass is 386 g/mol. The maximum Gasteiger partial charge on any atom is 0.265 e. The SMILES string of the molecule is Cc1nc(C(C)(C)C)sc1C(=O)N1CCC(NC(=O)c2cccnc2)CC1. The number of hydrogen-bond donors (Lipinski definition) is 1. The molecule has 1 aliphatic heterocycles. The highest BCUT2D eigenvalue weighted by molar-refractivity contribution is 7.14. The number of aromatic nitrogens is 2. The van der Waals surface area contributed by atoms with Gasteiger partial charge in [0.05, 0.1) is 16.3 Å². The quantitative estimate of drug-likeness (QED) is 0.879. The molecule has 6 nitrogen and oxygen atoms in total. The zero-order valence-corrected chi connectivity index (χ0v) is 17.1. The van der Waals surface area contributed by atoms with Crippen LogP contribution in [0, 0.1) is 6.92 Å². The van der Waals surface area contributed by atoms with Crippen molar-refractivity contribution in [1.82, 2.24) is 20.2 Å². The van der Waals surface area contributed by atoms with E-state index in [4.69, 9.17) is 0 Å². The van der Waals surface area contributed by atoms with Gasteiger partial charge in [-0.3, -0.25) is 14.6 Å². The van der Waals surface area contributed by atoms with Crippen LogP contribution in [-0.2, 0) is 5.41 Å². The van der Waals surface area contributed by atoms with Crippen molar-refractivity contribution in [2.45, 2.75) is 52.0 Å². The molecule has 3 heterocycles. The van der Waals surface area contributed by atoms with E-state index in [1.807, 2.05) is 11.8 Å². The van der Waals surface area contributed by atoms with Crippen LogP contribution < -0.4 is 5.32 Å². The largest absolute Gasteiger partial charge is 0.349 e. The Hall–Kier alpha value is -2.28. The number of nitrogens with one attached hydrogen (secondary N) is 1. The van der Waals surface area contributed by atoms with Crippen molar-refractivity contribution in [3.63, 3.8) is 0 Å². The predicted molar refractivity (Wildman–Crippen MR) is 106 cm³/mol. The average molecular weight is 387 g/mol. The number of nitrogens with zero attached hydrogens (tertiary/aromatic N) is 3. The summed E-state index contributed by atoms with van der Waals surface area (Å²) in [7, 11) is 0. The molecule has 0 aliphatic carbocycles. The molecule has 27 heavy (non-hydrogen) atoms. The molecule has 0 spiro atoms. The van der Waals surface area contributed by atoms with Crippen molar-refractivity contribution in [2.24, 2.45) is 0 Å². The Morgan fingerprint density at radius 2 is 1.96 bits per heavy atom. The third-order valence-corrected chi connectivity index (χ3v) is 6.24. The van der Waals surface area contributed by atoms with Gasteiger partial charge in [0, 0.05) is 36.9 Å². The minimum atomic E-state index is -0.110. The first-order valence-corrected chi connectivity index (χ1v) is 10.1. The topological polar surface area (TPSA) is 75.2 Å². The molecule has 2 amide bonds. The van der Waals surface area contributed by atoms with Crippen LogP contribution in [0.1, 0.15) is 64.3 Å². The number of likely N-dealkylation sites (tertiary alicyclic amines) is 1. The van der Waals surface area contributed by atoms with Gasteiger partial charge in [0.1, 0.15) is 4.88 Å². The van der Waals surface area contributed by atoms with Crippen molar-refractivity contribution in [2.75, 3.05) is 13.1 Å². The van der Waals surface area contributed by atoms with E-state index in [0.29, 0.717) is 18.7 Å². The van der Waals surface area contributed by atoms with Crippen molar-refractivity contribution in [3.8, 4) is 0 Å². The highest BCUT2D eigenvalue weighted by atomic mass is 32.1. The summed E-state index contributed by atoms with van der Waals surface area (Å²) in [4.78, 5) is 36.3. The molecule has 0 radical (unpaired) electrons. The van der Waals surface area contributed by atoms with Gasteiger partial charge in [-0.25, -0.2) is 4.98 Å². The van der Waals surface area contributed by atoms with Crippen LogP contribution in [0.4, 0.5) is 0 Å². The first kappa shape index (κ1) is 19.5. The molecule has 7 heteroatoms. The van der Waals surface area contributed by atoms with E-state index in [9.17, 15) is 9.59 Å². The molecular formula is C20H26N4O2S. The van der Waals surface area contributed by atoms with Gasteiger partial charge in [-0.05, 0) is 31.9 Å². The number of aryl methyl sites for hydroxylation is 1. The second-order valence-corrected chi connectivity index (χ2v) is 8.96. The summed E-state index contributed by atoms with van der Waals surface area (Å²) < 4.78 is 0. The summed E-state index contributed by atoms with van der Waals surface area (Å²) >= 11 is 1.50. The maximum atomic E-state index is 12.9. The molecule has 3 rings (SSSR count). The summed E-state index contributed by atoms with van der Waals surface area (Å²) in [6.45, 7) is 9.50. The Balaban J connectivity index is 1.58. The van der Waals surface area contributed by atoms with Gasteiger partial charge < -0.3 is 10.2 Å². The molecule has 0 aromatic carbocycles. The second kappa shape index (κ2) is 7.76. The number of carbonyl (C=O) groups is 2. The van der Waals surface area contributed by atoms with Crippen molar-refractivity contribution in [3.05, 3.63) is 45.7 Å². The predicted octanol–water partition coefficient (Wildman–Crippen LogP) is 3.18. The summed E-state index contributed by atoms with van der Waals surface area (Å²) in [6, 6.07) is 3.58. The standard InChI is InChI=1S/C20H26N4O2S/c1-13-16(27-19(22-13)20(2,3)4)18(26)24-10-7-15(8-11-24)23-17(25)14-6-5-9-21-12-14/h5-6,9,12,15H,7-8,10-11H2,1-4H3,(H,23,25). The van der Waals surface area contributed by atoms with E-state index in [2.05, 4.69) is 36.1 Å². The average Bonchev–Trinajstić information content (AvgIpc) is 3.04. The minimum absolute atomic E-state index is 0.0533. The molecule has 1 saturated heterocycles. The van der Waals surface area contributed by atoms with Gasteiger partial charge in [-0.2, -0.15) is 0 Å². The van der Waals surface area contributed by atoms with Crippen LogP contribution in [0.15, 0.2) is 24.5 Å². The zero-order chi connectivity index (χ0) is 19.6. The van der Waals surface area contributed by atoms with Gasteiger partial charge in [0.2, 0.25) is 0 Å². The van der Waals surface area contributed by atoms with Crippen LogP contribution in [0.2, 0.25) is 0 Å². The van der Waals surface area contributed by atoms with E-state index in [1.165, 1.54) is 11.3 Å². The fraction of sp³-hybridized carbons (Fsp3) is 0.500. The Morgan fingerprint density at radius 3 is 2.52 bits per heavy atom. The van der Waals surface area contributed by atoms with Gasteiger partial charge in [0.15, 0.2) is 0 Å². The molecule has 0 bridgehead atoms. The number of pyridine rings is 1. The van der Waals surface area contributed by atoms with Gasteiger partial charge in [-0.15, -0.1) is 11.3 Å². The summed E-state index contributed by atoms with van der Waals surface area (Å²) in [5.74, 6) is -0.0569. The van der Waals surface area contributed by atoms with Crippen LogP contribution in [0.5, 0.6) is 0 Å². The highest BCUT2D eigenvalue weighted by Crippen LogP contribution is 2.30. The molecular weight excluding hydrogens is 360 g/mol. The lowest BCUT2D eigenvalue weighted by Crippen LogP contribution is -2.46. The molecule has 1 fully saturated rings. The Labute approximate surface area is 164 Å². The third-order valence-electron chi connectivity index (χ3n) is 4.67. The summed E-state index contributed by atoms with van der Waals surface area (Å²) in [6.07, 6.45) is 4.71.